The summed E-state index contributed by atoms with van der Waals surface area (Å²) >= 11 is 3.38. The highest BCUT2D eigenvalue weighted by Crippen LogP contribution is 2.41. The predicted octanol–water partition coefficient (Wildman–Crippen LogP) is 4.00. The van der Waals surface area contributed by atoms with Crippen molar-refractivity contribution in [3.8, 4) is 0 Å². The number of aryl methyl sites for hydroxylation is 1. The number of hydrogen-bond donors (Lipinski definition) is 2. The summed E-state index contributed by atoms with van der Waals surface area (Å²) in [6.07, 6.45) is 8.03. The van der Waals surface area contributed by atoms with Gasteiger partial charge in [0, 0.05) is 34.2 Å². The molecule has 8 nitrogen and oxygen atoms in total. The van der Waals surface area contributed by atoms with Crippen LogP contribution in [0.5, 0.6) is 0 Å². The standard InChI is InChI=1S/C23H24N6O2S2/c1-32-19-10-16-14(11-26-28-16)8-17(19)27-21-20-15-3-2-13(23(30)29-4-6-31-7-5-29)9-18(15)33-22(20)25-12-24-21/h8,10-13H,2-7,9H2,1H3,(H,26,28)(H,24,25,27)/t13-/m0/s1. The number of ether oxygens (including phenoxy) is 1. The number of thiophene rings is 1. The van der Waals surface area contributed by atoms with Crippen LogP contribution in [0.2, 0.25) is 0 Å². The second-order valence-corrected chi connectivity index (χ2v) is 10.4. The van der Waals surface area contributed by atoms with Crippen LogP contribution in [0.25, 0.3) is 21.1 Å². The van der Waals surface area contributed by atoms with Gasteiger partial charge in [0.05, 0.1) is 36.0 Å². The fourth-order valence-corrected chi connectivity index (χ4v) is 6.66. The van der Waals surface area contributed by atoms with Gasteiger partial charge < -0.3 is 15.0 Å². The number of hydrogen-bond acceptors (Lipinski definition) is 8. The van der Waals surface area contributed by atoms with Crippen molar-refractivity contribution in [2.75, 3.05) is 37.9 Å². The fourth-order valence-electron chi connectivity index (χ4n) is 4.82. The number of amides is 1. The van der Waals surface area contributed by atoms with Crippen molar-refractivity contribution in [3.05, 3.63) is 35.1 Å². The summed E-state index contributed by atoms with van der Waals surface area (Å²) in [6.45, 7) is 2.68. The molecule has 10 heteroatoms. The maximum atomic E-state index is 13.1. The van der Waals surface area contributed by atoms with Crippen molar-refractivity contribution in [1.82, 2.24) is 25.1 Å². The van der Waals surface area contributed by atoms with E-state index in [-0.39, 0.29) is 11.8 Å². The molecule has 0 radical (unpaired) electrons. The van der Waals surface area contributed by atoms with Gasteiger partial charge in [-0.25, -0.2) is 9.97 Å². The minimum absolute atomic E-state index is 0.0413. The highest BCUT2D eigenvalue weighted by atomic mass is 32.2. The molecular weight excluding hydrogens is 456 g/mol. The van der Waals surface area contributed by atoms with Crippen LogP contribution in [0.3, 0.4) is 0 Å². The molecule has 4 heterocycles. The number of morpholine rings is 1. The zero-order chi connectivity index (χ0) is 22.4. The van der Waals surface area contributed by atoms with E-state index in [1.165, 1.54) is 10.4 Å². The Balaban J connectivity index is 1.32. The Morgan fingerprint density at radius 1 is 1.30 bits per heavy atom. The van der Waals surface area contributed by atoms with Gasteiger partial charge in [-0.05, 0) is 43.2 Å². The van der Waals surface area contributed by atoms with Crippen LogP contribution in [0.4, 0.5) is 11.5 Å². The lowest BCUT2D eigenvalue weighted by molar-refractivity contribution is -0.140. The van der Waals surface area contributed by atoms with Crippen molar-refractivity contribution in [1.29, 1.82) is 0 Å². The van der Waals surface area contributed by atoms with Crippen molar-refractivity contribution in [3.63, 3.8) is 0 Å². The first-order valence-electron chi connectivity index (χ1n) is 11.1. The summed E-state index contributed by atoms with van der Waals surface area (Å²) in [5, 5.41) is 12.9. The first-order chi connectivity index (χ1) is 16.2. The van der Waals surface area contributed by atoms with E-state index in [0.29, 0.717) is 26.3 Å². The average Bonchev–Trinajstić information content (AvgIpc) is 3.47. The highest BCUT2D eigenvalue weighted by Gasteiger charge is 2.32. The third-order valence-corrected chi connectivity index (χ3v) is 8.47. The number of fused-ring (bicyclic) bond motifs is 4. The van der Waals surface area contributed by atoms with Gasteiger partial charge in [-0.3, -0.25) is 9.89 Å². The van der Waals surface area contributed by atoms with Gasteiger partial charge in [0.25, 0.3) is 0 Å². The van der Waals surface area contributed by atoms with Crippen LogP contribution in [0.15, 0.2) is 29.6 Å². The van der Waals surface area contributed by atoms with E-state index in [9.17, 15) is 4.79 Å². The average molecular weight is 481 g/mol. The third kappa shape index (κ3) is 3.75. The molecule has 33 heavy (non-hydrogen) atoms. The molecule has 0 saturated carbocycles. The van der Waals surface area contributed by atoms with Gasteiger partial charge >= 0.3 is 0 Å². The normalized spacial score (nSPS) is 18.6. The molecule has 4 aromatic rings. The lowest BCUT2D eigenvalue weighted by atomic mass is 9.86. The molecule has 3 aromatic heterocycles. The van der Waals surface area contributed by atoms with Crippen LogP contribution in [-0.2, 0) is 22.4 Å². The highest BCUT2D eigenvalue weighted by molar-refractivity contribution is 7.98. The summed E-state index contributed by atoms with van der Waals surface area (Å²) in [5.41, 5.74) is 3.31. The molecule has 1 aliphatic heterocycles. The van der Waals surface area contributed by atoms with E-state index >= 15 is 0 Å². The Labute approximate surface area is 199 Å². The number of benzene rings is 1. The number of thioether (sulfide) groups is 1. The zero-order valence-corrected chi connectivity index (χ0v) is 19.9. The molecule has 170 valence electrons. The number of anilines is 2. The molecule has 1 amide bonds. The Kier molecular flexibility index (Phi) is 5.43. The Morgan fingerprint density at radius 3 is 3.03 bits per heavy atom. The molecule has 0 bridgehead atoms. The van der Waals surface area contributed by atoms with Gasteiger partial charge in [0.15, 0.2) is 0 Å². The SMILES string of the molecule is CSc1cc2[nH]ncc2cc1Nc1ncnc2sc3c(c12)CC[C@H](C(=O)N1CCOCC1)C3. The molecule has 1 fully saturated rings. The Bertz CT molecular complexity index is 1340. The van der Waals surface area contributed by atoms with Crippen LogP contribution in [0.1, 0.15) is 16.9 Å². The Morgan fingerprint density at radius 2 is 2.18 bits per heavy atom. The van der Waals surface area contributed by atoms with E-state index in [4.69, 9.17) is 4.74 Å². The lowest BCUT2D eigenvalue weighted by Gasteiger charge is -2.31. The second-order valence-electron chi connectivity index (χ2n) is 8.42. The summed E-state index contributed by atoms with van der Waals surface area (Å²) in [5.74, 6) is 1.14. The predicted molar refractivity (Wildman–Crippen MR) is 131 cm³/mol. The van der Waals surface area contributed by atoms with Gasteiger partial charge in [-0.1, -0.05) is 0 Å². The maximum Gasteiger partial charge on any atom is 0.226 e. The van der Waals surface area contributed by atoms with Crippen LogP contribution in [0, 0.1) is 5.92 Å². The minimum Gasteiger partial charge on any atom is -0.378 e. The zero-order valence-electron chi connectivity index (χ0n) is 18.3. The van der Waals surface area contributed by atoms with Crippen LogP contribution < -0.4 is 5.32 Å². The number of carbonyl (C=O) groups excluding carboxylic acids is 1. The summed E-state index contributed by atoms with van der Waals surface area (Å²) < 4.78 is 5.41. The van der Waals surface area contributed by atoms with E-state index in [0.717, 1.165) is 56.8 Å². The molecule has 6 rings (SSSR count). The molecule has 1 saturated heterocycles. The van der Waals surface area contributed by atoms with E-state index < -0.39 is 0 Å². The van der Waals surface area contributed by atoms with Crippen LogP contribution in [-0.4, -0.2) is 63.5 Å². The van der Waals surface area contributed by atoms with Crippen molar-refractivity contribution < 1.29 is 9.53 Å². The van der Waals surface area contributed by atoms with Gasteiger partial charge in [-0.15, -0.1) is 23.1 Å². The molecule has 1 atom stereocenters. The number of nitrogens with zero attached hydrogens (tertiary/aromatic N) is 4. The first-order valence-corrected chi connectivity index (χ1v) is 13.2. The number of aromatic nitrogens is 4. The fraction of sp³-hybridized carbons (Fsp3) is 0.391. The summed E-state index contributed by atoms with van der Waals surface area (Å²) in [6, 6.07) is 4.22. The third-order valence-electron chi connectivity index (χ3n) is 6.53. The smallest absolute Gasteiger partial charge is 0.226 e. The number of carbonyl (C=O) groups is 1. The summed E-state index contributed by atoms with van der Waals surface area (Å²) in [7, 11) is 0. The van der Waals surface area contributed by atoms with Gasteiger partial charge in [0.2, 0.25) is 5.91 Å². The number of rotatable bonds is 4. The van der Waals surface area contributed by atoms with Crippen molar-refractivity contribution in [2.24, 2.45) is 5.92 Å². The number of nitrogens with one attached hydrogen (secondary N) is 2. The van der Waals surface area contributed by atoms with Crippen molar-refractivity contribution >= 4 is 61.6 Å². The minimum atomic E-state index is 0.0413. The van der Waals surface area contributed by atoms with E-state index in [1.54, 1.807) is 29.4 Å². The van der Waals surface area contributed by atoms with E-state index in [1.807, 2.05) is 11.1 Å². The first kappa shape index (κ1) is 20.9. The maximum absolute atomic E-state index is 13.1. The molecule has 0 spiro atoms. The van der Waals surface area contributed by atoms with Crippen molar-refractivity contribution in [2.45, 2.75) is 24.2 Å². The quantitative estimate of drug-likeness (QED) is 0.426. The topological polar surface area (TPSA) is 96.0 Å². The monoisotopic (exact) mass is 480 g/mol. The molecule has 2 N–H and O–H groups in total. The van der Waals surface area contributed by atoms with Crippen LogP contribution >= 0.6 is 23.1 Å². The number of H-pyrrole nitrogens is 1. The number of aromatic amines is 1. The lowest BCUT2D eigenvalue weighted by Crippen LogP contribution is -2.44. The molecule has 0 unspecified atom stereocenters. The molecule has 1 aliphatic carbocycles. The molecule has 2 aliphatic rings. The molecule has 1 aromatic carbocycles. The van der Waals surface area contributed by atoms with E-state index in [2.05, 4.69) is 43.9 Å². The Hall–Kier alpha value is -2.69. The van der Waals surface area contributed by atoms with Gasteiger partial charge in [-0.2, -0.15) is 5.10 Å². The van der Waals surface area contributed by atoms with Gasteiger partial charge in [0.1, 0.15) is 17.0 Å². The second kappa shape index (κ2) is 8.58. The molecular formula is C23H24N6O2S2. The summed E-state index contributed by atoms with van der Waals surface area (Å²) in [4.78, 5) is 27.6. The largest absolute Gasteiger partial charge is 0.378 e.